The third kappa shape index (κ3) is 6.35. The molecule has 1 aliphatic rings. The minimum Gasteiger partial charge on any atom is -0.350 e. The monoisotopic (exact) mass is 501 g/mol. The van der Waals surface area contributed by atoms with Gasteiger partial charge in [-0.05, 0) is 30.5 Å². The molecule has 37 heavy (non-hydrogen) atoms. The minimum atomic E-state index is -0.932. The second kappa shape index (κ2) is 11.9. The number of Topliss-reactive ketones (excluding diaryl/α,β-unsaturated/α-hetero) is 1. The molecule has 4 amide bonds. The summed E-state index contributed by atoms with van der Waals surface area (Å²) in [6.07, 6.45) is 2.41. The van der Waals surface area contributed by atoms with Crippen molar-refractivity contribution in [1.29, 1.82) is 0 Å². The molecule has 190 valence electrons. The molecule has 1 atom stereocenters. The van der Waals surface area contributed by atoms with Crippen molar-refractivity contribution in [2.75, 3.05) is 19.6 Å². The van der Waals surface area contributed by atoms with E-state index in [0.29, 0.717) is 42.4 Å². The molecule has 0 aliphatic carbocycles. The second-order valence-electron chi connectivity index (χ2n) is 8.61. The van der Waals surface area contributed by atoms with Crippen molar-refractivity contribution >= 4 is 40.3 Å². The first-order valence-corrected chi connectivity index (χ1v) is 12.0. The summed E-state index contributed by atoms with van der Waals surface area (Å²) in [4.78, 5) is 68.2. The van der Waals surface area contributed by atoms with Gasteiger partial charge in [-0.3, -0.25) is 29.0 Å². The van der Waals surface area contributed by atoms with E-state index in [2.05, 4.69) is 20.9 Å². The molecule has 1 aliphatic heterocycles. The summed E-state index contributed by atoms with van der Waals surface area (Å²) < 4.78 is 0. The van der Waals surface area contributed by atoms with E-state index in [9.17, 15) is 24.0 Å². The number of benzene rings is 2. The van der Waals surface area contributed by atoms with Gasteiger partial charge in [0.15, 0.2) is 0 Å². The van der Waals surface area contributed by atoms with Crippen LogP contribution < -0.4 is 16.0 Å². The van der Waals surface area contributed by atoms with Crippen molar-refractivity contribution in [3.05, 3.63) is 78.0 Å². The van der Waals surface area contributed by atoms with E-state index in [4.69, 9.17) is 0 Å². The molecule has 0 saturated carbocycles. The Bertz CT molecular complexity index is 1320. The number of hydrogen-bond acceptors (Lipinski definition) is 6. The predicted molar refractivity (Wildman–Crippen MR) is 135 cm³/mol. The van der Waals surface area contributed by atoms with E-state index in [1.807, 2.05) is 36.4 Å². The Hall–Kier alpha value is -4.60. The Kier molecular flexibility index (Phi) is 8.19. The molecule has 4 rings (SSSR count). The molecule has 0 unspecified atom stereocenters. The van der Waals surface area contributed by atoms with Gasteiger partial charge in [-0.15, -0.1) is 0 Å². The summed E-state index contributed by atoms with van der Waals surface area (Å²) in [5, 5.41) is 8.26. The number of nitrogens with zero attached hydrogens (tertiary/aromatic N) is 2. The maximum atomic E-state index is 12.8. The number of fused-ring (bicyclic) bond motifs is 1. The van der Waals surface area contributed by atoms with Gasteiger partial charge in [0.1, 0.15) is 6.04 Å². The smallest absolute Gasteiger partial charge is 0.290 e. The molecule has 1 saturated heterocycles. The fraction of sp³-hybridized carbons (Fsp3) is 0.259. The SMILES string of the molecule is O=C(CNC(=O)C(=O)[C@@H]1CCCN1C(=O)CNC(=O)c1ccnc2ccccc12)NCc1ccccc1. The fourth-order valence-electron chi connectivity index (χ4n) is 4.24. The van der Waals surface area contributed by atoms with Crippen LogP contribution >= 0.6 is 0 Å². The highest BCUT2D eigenvalue weighted by molar-refractivity contribution is 6.38. The van der Waals surface area contributed by atoms with Gasteiger partial charge in [0.05, 0.1) is 24.2 Å². The number of carbonyl (C=O) groups excluding carboxylic acids is 5. The van der Waals surface area contributed by atoms with Gasteiger partial charge in [-0.1, -0.05) is 48.5 Å². The lowest BCUT2D eigenvalue weighted by molar-refractivity contribution is -0.144. The van der Waals surface area contributed by atoms with Gasteiger partial charge in [0.2, 0.25) is 17.6 Å². The molecule has 10 heteroatoms. The number of amides is 4. The number of carbonyl (C=O) groups is 5. The third-order valence-corrected chi connectivity index (χ3v) is 6.14. The van der Waals surface area contributed by atoms with E-state index < -0.39 is 35.5 Å². The van der Waals surface area contributed by atoms with Gasteiger partial charge in [0.25, 0.3) is 11.8 Å². The summed E-state index contributed by atoms with van der Waals surface area (Å²) >= 11 is 0. The second-order valence-corrected chi connectivity index (χ2v) is 8.61. The number of hydrogen-bond donors (Lipinski definition) is 3. The quantitative estimate of drug-likeness (QED) is 0.374. The number of para-hydroxylation sites is 1. The first-order chi connectivity index (χ1) is 17.9. The van der Waals surface area contributed by atoms with Gasteiger partial charge < -0.3 is 20.9 Å². The molecule has 0 spiro atoms. The zero-order valence-corrected chi connectivity index (χ0v) is 20.1. The molecule has 2 aromatic carbocycles. The normalized spacial score (nSPS) is 14.7. The molecule has 3 aromatic rings. The number of pyridine rings is 1. The van der Waals surface area contributed by atoms with Gasteiger partial charge in [-0.25, -0.2) is 0 Å². The van der Waals surface area contributed by atoms with Crippen LogP contribution in [0.25, 0.3) is 10.9 Å². The topological polar surface area (TPSA) is 138 Å². The van der Waals surface area contributed by atoms with E-state index >= 15 is 0 Å². The van der Waals surface area contributed by atoms with Crippen LogP contribution in [0.2, 0.25) is 0 Å². The van der Waals surface area contributed by atoms with E-state index in [-0.39, 0.29) is 13.1 Å². The van der Waals surface area contributed by atoms with Crippen LogP contribution in [0.4, 0.5) is 0 Å². The van der Waals surface area contributed by atoms with Gasteiger partial charge >= 0.3 is 0 Å². The van der Waals surface area contributed by atoms with Crippen LogP contribution in [-0.4, -0.2) is 65.0 Å². The maximum absolute atomic E-state index is 12.8. The van der Waals surface area contributed by atoms with Crippen LogP contribution in [0, 0.1) is 0 Å². The summed E-state index contributed by atoms with van der Waals surface area (Å²) in [6.45, 7) is -0.0691. The Balaban J connectivity index is 1.27. The van der Waals surface area contributed by atoms with Crippen LogP contribution in [0.3, 0.4) is 0 Å². The summed E-state index contributed by atoms with van der Waals surface area (Å²) in [5.41, 5.74) is 1.95. The van der Waals surface area contributed by atoms with Crippen molar-refractivity contribution in [3.63, 3.8) is 0 Å². The predicted octanol–water partition coefficient (Wildman–Crippen LogP) is 0.957. The first kappa shape index (κ1) is 25.5. The van der Waals surface area contributed by atoms with Crippen LogP contribution in [0.15, 0.2) is 66.9 Å². The highest BCUT2D eigenvalue weighted by Crippen LogP contribution is 2.19. The molecule has 10 nitrogen and oxygen atoms in total. The van der Waals surface area contributed by atoms with Crippen molar-refractivity contribution < 1.29 is 24.0 Å². The Morgan fingerprint density at radius 3 is 2.43 bits per heavy atom. The Morgan fingerprint density at radius 2 is 1.62 bits per heavy atom. The zero-order chi connectivity index (χ0) is 26.2. The highest BCUT2D eigenvalue weighted by Gasteiger charge is 2.37. The number of ketones is 1. The highest BCUT2D eigenvalue weighted by atomic mass is 16.2. The van der Waals surface area contributed by atoms with E-state index in [0.717, 1.165) is 5.56 Å². The van der Waals surface area contributed by atoms with Crippen molar-refractivity contribution in [3.8, 4) is 0 Å². The van der Waals surface area contributed by atoms with Crippen molar-refractivity contribution in [2.24, 2.45) is 0 Å². The minimum absolute atomic E-state index is 0.300. The zero-order valence-electron chi connectivity index (χ0n) is 20.1. The summed E-state index contributed by atoms with van der Waals surface area (Å²) in [6, 6.07) is 17.1. The van der Waals surface area contributed by atoms with Crippen LogP contribution in [-0.2, 0) is 25.7 Å². The van der Waals surface area contributed by atoms with Crippen LogP contribution in [0.1, 0.15) is 28.8 Å². The van der Waals surface area contributed by atoms with Gasteiger partial charge in [0, 0.05) is 24.7 Å². The lowest BCUT2D eigenvalue weighted by atomic mass is 10.1. The molecular formula is C27H27N5O5. The number of aromatic nitrogens is 1. The largest absolute Gasteiger partial charge is 0.350 e. The average molecular weight is 502 g/mol. The first-order valence-electron chi connectivity index (χ1n) is 12.0. The van der Waals surface area contributed by atoms with Gasteiger partial charge in [-0.2, -0.15) is 0 Å². The molecule has 0 radical (unpaired) electrons. The molecule has 2 heterocycles. The fourth-order valence-corrected chi connectivity index (χ4v) is 4.24. The van der Waals surface area contributed by atoms with Crippen molar-refractivity contribution in [1.82, 2.24) is 25.8 Å². The van der Waals surface area contributed by atoms with Crippen LogP contribution in [0.5, 0.6) is 0 Å². The summed E-state index contributed by atoms with van der Waals surface area (Å²) in [5.74, 6) is -3.04. The Morgan fingerprint density at radius 1 is 0.865 bits per heavy atom. The molecule has 0 bridgehead atoms. The molecule has 3 N–H and O–H groups in total. The average Bonchev–Trinajstić information content (AvgIpc) is 3.43. The Labute approximate surface area is 213 Å². The number of nitrogens with one attached hydrogen (secondary N) is 3. The maximum Gasteiger partial charge on any atom is 0.290 e. The summed E-state index contributed by atoms with van der Waals surface area (Å²) in [7, 11) is 0. The van der Waals surface area contributed by atoms with E-state index in [1.165, 1.54) is 11.1 Å². The number of likely N-dealkylation sites (tertiary alicyclic amines) is 1. The number of rotatable bonds is 9. The van der Waals surface area contributed by atoms with E-state index in [1.54, 1.807) is 24.3 Å². The molecule has 1 fully saturated rings. The third-order valence-electron chi connectivity index (χ3n) is 6.14. The standard InChI is InChI=1S/C27H27N5O5/c33-23(29-15-18-7-2-1-3-8-18)16-30-27(37)25(35)22-11-6-14-32(22)24(34)17-31-26(36)20-12-13-28-21-10-5-4-9-19(20)21/h1-5,7-10,12-13,22H,6,11,14-17H2,(H,29,33)(H,30,37)(H,31,36)/t22-/m0/s1. The molecular weight excluding hydrogens is 474 g/mol. The van der Waals surface area contributed by atoms with Crippen molar-refractivity contribution in [2.45, 2.75) is 25.4 Å². The lowest BCUT2D eigenvalue weighted by Gasteiger charge is -2.23. The lowest BCUT2D eigenvalue weighted by Crippen LogP contribution is -2.50. The molecule has 1 aromatic heterocycles.